The van der Waals surface area contributed by atoms with Gasteiger partial charge in [-0.25, -0.2) is 13.1 Å². The lowest BCUT2D eigenvalue weighted by Gasteiger charge is -2.15. The minimum Gasteiger partial charge on any atom is -0.399 e. The van der Waals surface area contributed by atoms with E-state index >= 15 is 0 Å². The monoisotopic (exact) mass is 256 g/mol. The molecule has 1 aromatic carbocycles. The van der Waals surface area contributed by atoms with Crippen molar-refractivity contribution in [3.8, 4) is 0 Å². The highest BCUT2D eigenvalue weighted by atomic mass is 32.2. The number of nitrogen functional groups attached to an aromatic ring is 1. The van der Waals surface area contributed by atoms with Gasteiger partial charge in [0, 0.05) is 11.7 Å². The van der Waals surface area contributed by atoms with Crippen LogP contribution in [0.15, 0.2) is 24.3 Å². The second-order valence-corrected chi connectivity index (χ2v) is 5.89. The molecule has 17 heavy (non-hydrogen) atoms. The van der Waals surface area contributed by atoms with Crippen LogP contribution in [0.3, 0.4) is 0 Å². The van der Waals surface area contributed by atoms with Gasteiger partial charge in [0.2, 0.25) is 10.0 Å². The zero-order chi connectivity index (χ0) is 12.9. The number of rotatable bonds is 6. The van der Waals surface area contributed by atoms with Gasteiger partial charge in [0.25, 0.3) is 0 Å². The molecule has 1 rings (SSSR count). The summed E-state index contributed by atoms with van der Waals surface area (Å²) in [4.78, 5) is 0. The van der Waals surface area contributed by atoms with Gasteiger partial charge in [0.15, 0.2) is 0 Å². The number of hydrogen-bond acceptors (Lipinski definition) is 3. The Morgan fingerprint density at radius 2 is 1.94 bits per heavy atom. The molecule has 4 nitrogen and oxygen atoms in total. The summed E-state index contributed by atoms with van der Waals surface area (Å²) >= 11 is 0. The summed E-state index contributed by atoms with van der Waals surface area (Å²) in [7, 11) is -3.28. The Balaban J connectivity index is 2.73. The standard InChI is InChI=1S/C12H20N2O2S/c1-3-12(4-2)14-17(15,16)9-10-6-5-7-11(13)8-10/h5-8,12,14H,3-4,9,13H2,1-2H3. The average Bonchev–Trinajstić information content (AvgIpc) is 2.25. The van der Waals surface area contributed by atoms with Crippen LogP contribution in [0.25, 0.3) is 0 Å². The van der Waals surface area contributed by atoms with Crippen LogP contribution < -0.4 is 10.5 Å². The SMILES string of the molecule is CCC(CC)NS(=O)(=O)Cc1cccc(N)c1. The lowest BCUT2D eigenvalue weighted by molar-refractivity contribution is 0.529. The van der Waals surface area contributed by atoms with Crippen LogP contribution in [0.4, 0.5) is 5.69 Å². The third kappa shape index (κ3) is 4.75. The minimum atomic E-state index is -3.28. The molecule has 1 aromatic rings. The maximum atomic E-state index is 11.9. The fourth-order valence-electron chi connectivity index (χ4n) is 1.65. The van der Waals surface area contributed by atoms with Crippen molar-refractivity contribution in [2.45, 2.75) is 38.5 Å². The van der Waals surface area contributed by atoms with E-state index in [2.05, 4.69) is 4.72 Å². The molecule has 0 aliphatic rings. The first-order valence-electron chi connectivity index (χ1n) is 5.81. The van der Waals surface area contributed by atoms with E-state index in [-0.39, 0.29) is 11.8 Å². The molecule has 0 saturated carbocycles. The lowest BCUT2D eigenvalue weighted by atomic mass is 10.2. The molecule has 0 spiro atoms. The third-order valence-electron chi connectivity index (χ3n) is 2.64. The van der Waals surface area contributed by atoms with Crippen molar-refractivity contribution >= 4 is 15.7 Å². The van der Waals surface area contributed by atoms with Crippen molar-refractivity contribution in [2.75, 3.05) is 5.73 Å². The van der Waals surface area contributed by atoms with Crippen molar-refractivity contribution in [2.24, 2.45) is 0 Å². The molecule has 5 heteroatoms. The Morgan fingerprint density at radius 1 is 1.29 bits per heavy atom. The van der Waals surface area contributed by atoms with Gasteiger partial charge >= 0.3 is 0 Å². The van der Waals surface area contributed by atoms with Gasteiger partial charge in [0.1, 0.15) is 0 Å². The maximum absolute atomic E-state index is 11.9. The third-order valence-corrected chi connectivity index (χ3v) is 4.05. The summed E-state index contributed by atoms with van der Waals surface area (Å²) in [6.07, 6.45) is 1.60. The molecular weight excluding hydrogens is 236 g/mol. The van der Waals surface area contributed by atoms with Gasteiger partial charge in [0.05, 0.1) is 5.75 Å². The molecule has 96 valence electrons. The first-order valence-corrected chi connectivity index (χ1v) is 7.46. The number of nitrogens with one attached hydrogen (secondary N) is 1. The molecule has 0 fully saturated rings. The highest BCUT2D eigenvalue weighted by molar-refractivity contribution is 7.88. The molecule has 0 amide bonds. The molecule has 0 aliphatic carbocycles. The predicted molar refractivity (Wildman–Crippen MR) is 71.0 cm³/mol. The van der Waals surface area contributed by atoms with Gasteiger partial charge in [-0.1, -0.05) is 26.0 Å². The summed E-state index contributed by atoms with van der Waals surface area (Å²) in [6, 6.07) is 6.97. The van der Waals surface area contributed by atoms with Crippen LogP contribution in [0.5, 0.6) is 0 Å². The quantitative estimate of drug-likeness (QED) is 0.763. The van der Waals surface area contributed by atoms with E-state index in [0.717, 1.165) is 12.8 Å². The van der Waals surface area contributed by atoms with Crippen molar-refractivity contribution < 1.29 is 8.42 Å². The fourth-order valence-corrected chi connectivity index (χ4v) is 3.20. The maximum Gasteiger partial charge on any atom is 0.216 e. The van der Waals surface area contributed by atoms with E-state index in [1.807, 2.05) is 13.8 Å². The van der Waals surface area contributed by atoms with E-state index in [1.54, 1.807) is 24.3 Å². The topological polar surface area (TPSA) is 72.2 Å². The summed E-state index contributed by atoms with van der Waals surface area (Å²) in [6.45, 7) is 3.94. The van der Waals surface area contributed by atoms with Crippen molar-refractivity contribution in [1.29, 1.82) is 0 Å². The number of hydrogen-bond donors (Lipinski definition) is 2. The number of benzene rings is 1. The van der Waals surface area contributed by atoms with Crippen LogP contribution in [0, 0.1) is 0 Å². The Morgan fingerprint density at radius 3 is 2.47 bits per heavy atom. The molecule has 3 N–H and O–H groups in total. The van der Waals surface area contributed by atoms with Gasteiger partial charge in [-0.05, 0) is 30.5 Å². The first kappa shape index (κ1) is 14.0. The van der Waals surface area contributed by atoms with Gasteiger partial charge < -0.3 is 5.73 Å². The Kier molecular flexibility index (Phi) is 4.96. The molecule has 0 aliphatic heterocycles. The smallest absolute Gasteiger partial charge is 0.216 e. The van der Waals surface area contributed by atoms with Crippen LogP contribution in [-0.4, -0.2) is 14.5 Å². The van der Waals surface area contributed by atoms with Gasteiger partial charge in [-0.3, -0.25) is 0 Å². The summed E-state index contributed by atoms with van der Waals surface area (Å²) in [5.41, 5.74) is 6.91. The van der Waals surface area contributed by atoms with Crippen LogP contribution in [0.1, 0.15) is 32.3 Å². The average molecular weight is 256 g/mol. The second-order valence-electron chi connectivity index (χ2n) is 4.14. The van der Waals surface area contributed by atoms with E-state index in [1.165, 1.54) is 0 Å². The zero-order valence-electron chi connectivity index (χ0n) is 10.3. The van der Waals surface area contributed by atoms with E-state index in [9.17, 15) is 8.42 Å². The predicted octanol–water partition coefficient (Wildman–Crippen LogP) is 1.88. The largest absolute Gasteiger partial charge is 0.399 e. The molecule has 0 radical (unpaired) electrons. The highest BCUT2D eigenvalue weighted by Crippen LogP contribution is 2.10. The molecule has 0 saturated heterocycles. The molecule has 0 unspecified atom stereocenters. The Labute approximate surface area is 103 Å². The molecular formula is C12H20N2O2S. The van der Waals surface area contributed by atoms with Crippen molar-refractivity contribution in [1.82, 2.24) is 4.72 Å². The van der Waals surface area contributed by atoms with Crippen molar-refractivity contribution in [3.05, 3.63) is 29.8 Å². The highest BCUT2D eigenvalue weighted by Gasteiger charge is 2.15. The summed E-state index contributed by atoms with van der Waals surface area (Å²) in [5, 5.41) is 0. The molecule has 0 aromatic heterocycles. The van der Waals surface area contributed by atoms with E-state index in [4.69, 9.17) is 5.73 Å². The fraction of sp³-hybridized carbons (Fsp3) is 0.500. The number of sulfonamides is 1. The summed E-state index contributed by atoms with van der Waals surface area (Å²) in [5.74, 6) is -0.0193. The number of anilines is 1. The lowest BCUT2D eigenvalue weighted by Crippen LogP contribution is -2.34. The van der Waals surface area contributed by atoms with E-state index < -0.39 is 10.0 Å². The van der Waals surface area contributed by atoms with Crippen LogP contribution in [-0.2, 0) is 15.8 Å². The Bertz CT molecular complexity index is 453. The van der Waals surface area contributed by atoms with Gasteiger partial charge in [-0.15, -0.1) is 0 Å². The Hall–Kier alpha value is -1.07. The van der Waals surface area contributed by atoms with Crippen molar-refractivity contribution in [3.63, 3.8) is 0 Å². The van der Waals surface area contributed by atoms with Crippen LogP contribution >= 0.6 is 0 Å². The second kappa shape index (κ2) is 6.02. The zero-order valence-corrected chi connectivity index (χ0v) is 11.1. The summed E-state index contributed by atoms with van der Waals surface area (Å²) < 4.78 is 26.5. The molecule has 0 heterocycles. The molecule has 0 bridgehead atoms. The molecule has 0 atom stereocenters. The van der Waals surface area contributed by atoms with E-state index in [0.29, 0.717) is 11.3 Å². The van der Waals surface area contributed by atoms with Gasteiger partial charge in [-0.2, -0.15) is 0 Å². The first-order chi connectivity index (χ1) is 7.96. The normalized spacial score (nSPS) is 11.9. The van der Waals surface area contributed by atoms with Crippen LogP contribution in [0.2, 0.25) is 0 Å². The number of nitrogens with two attached hydrogens (primary N) is 1. The minimum absolute atomic E-state index is 0.0149.